The van der Waals surface area contributed by atoms with Crippen LogP contribution in [0, 0.1) is 5.92 Å². The highest BCUT2D eigenvalue weighted by Gasteiger charge is 2.26. The Morgan fingerprint density at radius 3 is 2.93 bits per heavy atom. The Morgan fingerprint density at radius 1 is 1.57 bits per heavy atom. The second kappa shape index (κ2) is 4.15. The summed E-state index contributed by atoms with van der Waals surface area (Å²) in [5.41, 5.74) is 7.11. The van der Waals surface area contributed by atoms with Crippen LogP contribution in [0.1, 0.15) is 18.4 Å². The van der Waals surface area contributed by atoms with Gasteiger partial charge in [0.15, 0.2) is 0 Å². The van der Waals surface area contributed by atoms with E-state index in [1.807, 2.05) is 6.20 Å². The minimum Gasteiger partial charge on any atom is -0.367 e. The summed E-state index contributed by atoms with van der Waals surface area (Å²) in [6.45, 7) is 2.22. The highest BCUT2D eigenvalue weighted by Crippen LogP contribution is 2.26. The SMILES string of the molecule is CN(Cc1cc[nH]c1)CC1CC(N)C1. The first kappa shape index (κ1) is 9.74. The average Bonchev–Trinajstić information content (AvgIpc) is 2.54. The third-order valence-corrected chi connectivity index (χ3v) is 2.96. The topological polar surface area (TPSA) is 45.0 Å². The zero-order valence-corrected chi connectivity index (χ0v) is 8.74. The van der Waals surface area contributed by atoms with Crippen molar-refractivity contribution in [3.8, 4) is 0 Å². The fraction of sp³-hybridized carbons (Fsp3) is 0.636. The molecular weight excluding hydrogens is 174 g/mol. The van der Waals surface area contributed by atoms with Crippen LogP contribution in [-0.2, 0) is 6.54 Å². The van der Waals surface area contributed by atoms with Crippen LogP contribution in [0.4, 0.5) is 0 Å². The molecule has 3 nitrogen and oxygen atoms in total. The molecule has 1 aliphatic carbocycles. The maximum Gasteiger partial charge on any atom is 0.0245 e. The van der Waals surface area contributed by atoms with Gasteiger partial charge in [0.1, 0.15) is 0 Å². The van der Waals surface area contributed by atoms with E-state index in [2.05, 4.69) is 29.2 Å². The molecule has 3 heteroatoms. The first-order valence-corrected chi connectivity index (χ1v) is 5.30. The molecule has 3 N–H and O–H groups in total. The first-order valence-electron chi connectivity index (χ1n) is 5.30. The summed E-state index contributed by atoms with van der Waals surface area (Å²) in [6.07, 6.45) is 6.44. The summed E-state index contributed by atoms with van der Waals surface area (Å²) in [4.78, 5) is 5.45. The van der Waals surface area contributed by atoms with Gasteiger partial charge in [0.2, 0.25) is 0 Å². The molecule has 1 aliphatic rings. The molecule has 0 bridgehead atoms. The van der Waals surface area contributed by atoms with E-state index in [0.29, 0.717) is 6.04 Å². The maximum atomic E-state index is 5.76. The molecule has 14 heavy (non-hydrogen) atoms. The van der Waals surface area contributed by atoms with Crippen LogP contribution in [0.2, 0.25) is 0 Å². The third kappa shape index (κ3) is 2.36. The predicted octanol–water partition coefficient (Wildman–Crippen LogP) is 1.18. The maximum absolute atomic E-state index is 5.76. The molecule has 1 saturated carbocycles. The first-order chi connectivity index (χ1) is 6.74. The van der Waals surface area contributed by atoms with E-state index in [4.69, 9.17) is 5.73 Å². The molecule has 0 saturated heterocycles. The van der Waals surface area contributed by atoms with Gasteiger partial charge in [-0.25, -0.2) is 0 Å². The molecule has 0 amide bonds. The van der Waals surface area contributed by atoms with E-state index in [1.165, 1.54) is 24.9 Å². The molecule has 0 atom stereocenters. The van der Waals surface area contributed by atoms with Gasteiger partial charge in [-0.2, -0.15) is 0 Å². The van der Waals surface area contributed by atoms with Gasteiger partial charge >= 0.3 is 0 Å². The number of rotatable bonds is 4. The lowest BCUT2D eigenvalue weighted by atomic mass is 9.80. The number of aromatic nitrogens is 1. The summed E-state index contributed by atoms with van der Waals surface area (Å²) < 4.78 is 0. The van der Waals surface area contributed by atoms with Crippen molar-refractivity contribution < 1.29 is 0 Å². The lowest BCUT2D eigenvalue weighted by molar-refractivity contribution is 0.178. The van der Waals surface area contributed by atoms with Crippen LogP contribution in [0.15, 0.2) is 18.5 Å². The van der Waals surface area contributed by atoms with Crippen LogP contribution < -0.4 is 5.73 Å². The lowest BCUT2D eigenvalue weighted by Gasteiger charge is -2.35. The van der Waals surface area contributed by atoms with E-state index in [0.717, 1.165) is 12.5 Å². The standard InChI is InChI=1S/C11H19N3/c1-14(7-9-2-3-13-6-9)8-10-4-11(12)5-10/h2-3,6,10-11,13H,4-5,7-8,12H2,1H3. The van der Waals surface area contributed by atoms with Crippen LogP contribution in [-0.4, -0.2) is 29.5 Å². The summed E-state index contributed by atoms with van der Waals surface area (Å²) >= 11 is 0. The van der Waals surface area contributed by atoms with Crippen molar-refractivity contribution in [1.29, 1.82) is 0 Å². The number of nitrogens with two attached hydrogens (primary N) is 1. The fourth-order valence-electron chi connectivity index (χ4n) is 2.21. The Labute approximate surface area is 85.3 Å². The molecule has 78 valence electrons. The normalized spacial score (nSPS) is 26.5. The van der Waals surface area contributed by atoms with Crippen LogP contribution in [0.3, 0.4) is 0 Å². The number of H-pyrrole nitrogens is 1. The van der Waals surface area contributed by atoms with Crippen molar-refractivity contribution in [2.75, 3.05) is 13.6 Å². The lowest BCUT2D eigenvalue weighted by Crippen LogP contribution is -2.41. The van der Waals surface area contributed by atoms with Gasteiger partial charge in [0, 0.05) is 31.5 Å². The van der Waals surface area contributed by atoms with Gasteiger partial charge in [-0.05, 0) is 37.4 Å². The zero-order valence-electron chi connectivity index (χ0n) is 8.74. The van der Waals surface area contributed by atoms with Gasteiger partial charge < -0.3 is 15.6 Å². The van der Waals surface area contributed by atoms with E-state index in [9.17, 15) is 0 Å². The van der Waals surface area contributed by atoms with E-state index < -0.39 is 0 Å². The van der Waals surface area contributed by atoms with Gasteiger partial charge in [-0.15, -0.1) is 0 Å². The Bertz CT molecular complexity index is 262. The number of aromatic amines is 1. The Balaban J connectivity index is 1.71. The largest absolute Gasteiger partial charge is 0.367 e. The molecule has 0 aromatic carbocycles. The molecule has 0 unspecified atom stereocenters. The van der Waals surface area contributed by atoms with Gasteiger partial charge in [-0.1, -0.05) is 0 Å². The molecule has 1 aromatic heterocycles. The molecule has 0 radical (unpaired) electrons. The summed E-state index contributed by atoms with van der Waals surface area (Å²) in [6, 6.07) is 2.60. The summed E-state index contributed by atoms with van der Waals surface area (Å²) in [5.74, 6) is 0.828. The molecule has 1 aromatic rings. The van der Waals surface area contributed by atoms with E-state index in [-0.39, 0.29) is 0 Å². The van der Waals surface area contributed by atoms with Crippen molar-refractivity contribution >= 4 is 0 Å². The number of nitrogens with zero attached hydrogens (tertiary/aromatic N) is 1. The molecule has 0 aliphatic heterocycles. The van der Waals surface area contributed by atoms with Gasteiger partial charge in [0.05, 0.1) is 0 Å². The Kier molecular flexibility index (Phi) is 2.89. The molecule has 2 rings (SSSR count). The fourth-order valence-corrected chi connectivity index (χ4v) is 2.21. The van der Waals surface area contributed by atoms with Gasteiger partial charge in [-0.3, -0.25) is 0 Å². The minimum atomic E-state index is 0.473. The summed E-state index contributed by atoms with van der Waals surface area (Å²) in [5, 5.41) is 0. The smallest absolute Gasteiger partial charge is 0.0245 e. The molecule has 0 spiro atoms. The Morgan fingerprint density at radius 2 is 2.36 bits per heavy atom. The Hall–Kier alpha value is -0.800. The van der Waals surface area contributed by atoms with Crippen molar-refractivity contribution in [1.82, 2.24) is 9.88 Å². The van der Waals surface area contributed by atoms with Crippen LogP contribution in [0.25, 0.3) is 0 Å². The number of hydrogen-bond acceptors (Lipinski definition) is 2. The van der Waals surface area contributed by atoms with E-state index in [1.54, 1.807) is 0 Å². The quantitative estimate of drug-likeness (QED) is 0.754. The van der Waals surface area contributed by atoms with Crippen LogP contribution in [0.5, 0.6) is 0 Å². The number of nitrogens with one attached hydrogen (secondary N) is 1. The second-order valence-corrected chi connectivity index (χ2v) is 4.51. The van der Waals surface area contributed by atoms with E-state index >= 15 is 0 Å². The van der Waals surface area contributed by atoms with Crippen molar-refractivity contribution in [2.24, 2.45) is 11.7 Å². The third-order valence-electron chi connectivity index (χ3n) is 2.96. The highest BCUT2D eigenvalue weighted by atomic mass is 15.1. The van der Waals surface area contributed by atoms with Crippen molar-refractivity contribution in [3.05, 3.63) is 24.0 Å². The van der Waals surface area contributed by atoms with Crippen molar-refractivity contribution in [3.63, 3.8) is 0 Å². The van der Waals surface area contributed by atoms with Gasteiger partial charge in [0.25, 0.3) is 0 Å². The average molecular weight is 193 g/mol. The second-order valence-electron chi connectivity index (χ2n) is 4.51. The van der Waals surface area contributed by atoms with Crippen molar-refractivity contribution in [2.45, 2.75) is 25.4 Å². The molecule has 1 fully saturated rings. The minimum absolute atomic E-state index is 0.473. The molecule has 1 heterocycles. The highest BCUT2D eigenvalue weighted by molar-refractivity contribution is 5.07. The monoisotopic (exact) mass is 193 g/mol. The summed E-state index contributed by atoms with van der Waals surface area (Å²) in [7, 11) is 2.18. The predicted molar refractivity (Wildman–Crippen MR) is 57.8 cm³/mol. The zero-order chi connectivity index (χ0) is 9.97. The number of hydrogen-bond donors (Lipinski definition) is 2. The van der Waals surface area contributed by atoms with Crippen LogP contribution >= 0.6 is 0 Å². The molecular formula is C11H19N3.